The van der Waals surface area contributed by atoms with Crippen LogP contribution in [0.5, 0.6) is 0 Å². The number of hydroxylamine groups is 3. The smallest absolute Gasteiger partial charge is 0.153 e. The fourth-order valence-corrected chi connectivity index (χ4v) is 1.52. The highest BCUT2D eigenvalue weighted by molar-refractivity contribution is 7.90. The number of hydrogen-bond acceptors (Lipinski definition) is 3. The van der Waals surface area contributed by atoms with Gasteiger partial charge in [-0.3, -0.25) is 0 Å². The molecule has 68 valence electrons. The maximum atomic E-state index is 11.4. The molecule has 0 unspecified atom stereocenters. The van der Waals surface area contributed by atoms with E-state index in [0.29, 0.717) is 0 Å². The zero-order valence-electron chi connectivity index (χ0n) is 6.80. The van der Waals surface area contributed by atoms with Crippen LogP contribution in [0.3, 0.4) is 0 Å². The Morgan fingerprint density at radius 3 is 2.25 bits per heavy atom. The number of sulfone groups is 1. The van der Waals surface area contributed by atoms with Crippen LogP contribution in [-0.2, 0) is 9.84 Å². The van der Waals surface area contributed by atoms with Gasteiger partial charge in [-0.05, 0) is 12.2 Å². The quantitative estimate of drug-likeness (QED) is 0.476. The largest absolute Gasteiger partial charge is 0.623 e. The van der Waals surface area contributed by atoms with Crippen molar-refractivity contribution < 1.29 is 13.1 Å². The molecule has 0 aromatic carbocycles. The van der Waals surface area contributed by atoms with Gasteiger partial charge in [0.2, 0.25) is 0 Å². The first-order valence-corrected chi connectivity index (χ1v) is 5.61. The molecule has 1 heterocycles. The number of hydrogen-bond donors (Lipinski definition) is 0. The molecule has 4 nitrogen and oxygen atoms in total. The van der Waals surface area contributed by atoms with E-state index in [-0.39, 0.29) is 12.3 Å². The summed E-state index contributed by atoms with van der Waals surface area (Å²) in [5, 5.41) is 11.4. The van der Waals surface area contributed by atoms with Gasteiger partial charge < -0.3 is 9.85 Å². The third-order valence-corrected chi connectivity index (χ3v) is 2.52. The summed E-state index contributed by atoms with van der Waals surface area (Å²) in [6.07, 6.45) is 7.21. The van der Waals surface area contributed by atoms with Crippen molar-refractivity contribution in [2.75, 3.05) is 18.6 Å². The highest BCUT2D eigenvalue weighted by Gasteiger charge is 2.15. The minimum Gasteiger partial charge on any atom is -0.623 e. The van der Waals surface area contributed by atoms with Crippen LogP contribution in [0.15, 0.2) is 24.6 Å². The van der Waals surface area contributed by atoms with Gasteiger partial charge in [0.1, 0.15) is 24.7 Å². The van der Waals surface area contributed by atoms with Crippen LogP contribution in [-0.4, -0.2) is 31.6 Å². The van der Waals surface area contributed by atoms with E-state index in [1.807, 2.05) is 0 Å². The molecule has 0 atom stereocenters. The van der Waals surface area contributed by atoms with Crippen molar-refractivity contribution in [2.24, 2.45) is 0 Å². The first-order chi connectivity index (χ1) is 5.41. The standard InChI is InChI=1S/C7H11NO3S/c1-12(10,11)7-6-8(9)4-2-3-5-8/h2-5H,6-7H2,1H3. The average molecular weight is 189 g/mol. The van der Waals surface area contributed by atoms with Crippen LogP contribution >= 0.6 is 0 Å². The van der Waals surface area contributed by atoms with Crippen LogP contribution in [0, 0.1) is 5.21 Å². The van der Waals surface area contributed by atoms with Crippen LogP contribution < -0.4 is 0 Å². The molecular weight excluding hydrogens is 178 g/mol. The zero-order valence-corrected chi connectivity index (χ0v) is 7.62. The van der Waals surface area contributed by atoms with Crippen molar-refractivity contribution >= 4 is 9.84 Å². The molecule has 0 saturated carbocycles. The second-order valence-electron chi connectivity index (χ2n) is 2.89. The lowest BCUT2D eigenvalue weighted by Crippen LogP contribution is -2.33. The van der Waals surface area contributed by atoms with Crippen molar-refractivity contribution in [3.63, 3.8) is 0 Å². The zero-order chi connectivity index (χ0) is 9.24. The summed E-state index contributed by atoms with van der Waals surface area (Å²) in [7, 11) is -3.03. The lowest BCUT2D eigenvalue weighted by molar-refractivity contribution is -0.768. The predicted molar refractivity (Wildman–Crippen MR) is 46.5 cm³/mol. The first kappa shape index (κ1) is 9.44. The number of quaternary nitrogens is 1. The van der Waals surface area contributed by atoms with Crippen molar-refractivity contribution in [3.05, 3.63) is 29.8 Å². The Hall–Kier alpha value is -0.650. The Morgan fingerprint density at radius 2 is 1.83 bits per heavy atom. The van der Waals surface area contributed by atoms with Gasteiger partial charge in [-0.1, -0.05) is 0 Å². The van der Waals surface area contributed by atoms with E-state index in [9.17, 15) is 13.6 Å². The molecular formula is C7H11NO3S. The Kier molecular flexibility index (Phi) is 2.36. The first-order valence-electron chi connectivity index (χ1n) is 3.55. The van der Waals surface area contributed by atoms with Gasteiger partial charge in [0.15, 0.2) is 9.84 Å². The van der Waals surface area contributed by atoms with E-state index < -0.39 is 14.5 Å². The number of rotatable bonds is 3. The third-order valence-electron chi connectivity index (χ3n) is 1.60. The maximum absolute atomic E-state index is 11.4. The Balaban J connectivity index is 2.53. The van der Waals surface area contributed by atoms with Gasteiger partial charge in [0, 0.05) is 6.26 Å². The van der Waals surface area contributed by atoms with E-state index in [1.54, 1.807) is 12.2 Å². The fourth-order valence-electron chi connectivity index (χ4n) is 0.898. The molecule has 0 bridgehead atoms. The van der Waals surface area contributed by atoms with Crippen molar-refractivity contribution in [2.45, 2.75) is 0 Å². The van der Waals surface area contributed by atoms with Gasteiger partial charge in [0.05, 0.1) is 0 Å². The van der Waals surface area contributed by atoms with Crippen LogP contribution in [0.1, 0.15) is 0 Å². The Morgan fingerprint density at radius 1 is 1.33 bits per heavy atom. The summed E-state index contributed by atoms with van der Waals surface area (Å²) >= 11 is 0. The molecule has 0 aromatic rings. The van der Waals surface area contributed by atoms with Gasteiger partial charge in [-0.2, -0.15) is 0 Å². The van der Waals surface area contributed by atoms with E-state index in [1.165, 1.54) is 12.4 Å². The molecule has 0 amide bonds. The van der Waals surface area contributed by atoms with Crippen molar-refractivity contribution in [1.29, 1.82) is 0 Å². The molecule has 5 heteroatoms. The van der Waals surface area contributed by atoms with E-state index >= 15 is 0 Å². The molecule has 1 aliphatic rings. The fraction of sp³-hybridized carbons (Fsp3) is 0.429. The summed E-state index contributed by atoms with van der Waals surface area (Å²) in [4.78, 5) is 0. The van der Waals surface area contributed by atoms with E-state index in [0.717, 1.165) is 6.26 Å². The normalized spacial score (nSPS) is 20.2. The highest BCUT2D eigenvalue weighted by atomic mass is 32.2. The number of allylic oxidation sites excluding steroid dienone is 2. The lowest BCUT2D eigenvalue weighted by Gasteiger charge is -2.32. The minimum atomic E-state index is -3.03. The molecule has 0 spiro atoms. The molecule has 0 aromatic heterocycles. The summed E-state index contributed by atoms with van der Waals surface area (Å²) in [5.74, 6) is -0.0782. The van der Waals surface area contributed by atoms with Gasteiger partial charge in [-0.25, -0.2) is 8.42 Å². The van der Waals surface area contributed by atoms with Gasteiger partial charge >= 0.3 is 0 Å². The summed E-state index contributed by atoms with van der Waals surface area (Å²) in [5.41, 5.74) is 0. The maximum Gasteiger partial charge on any atom is 0.153 e. The molecule has 1 rings (SSSR count). The number of nitrogens with zero attached hydrogens (tertiary/aromatic N) is 1. The van der Waals surface area contributed by atoms with Crippen LogP contribution in [0.4, 0.5) is 0 Å². The topological polar surface area (TPSA) is 57.2 Å². The molecule has 0 N–H and O–H groups in total. The highest BCUT2D eigenvalue weighted by Crippen LogP contribution is 2.13. The van der Waals surface area contributed by atoms with Crippen LogP contribution in [0.25, 0.3) is 0 Å². The van der Waals surface area contributed by atoms with Gasteiger partial charge in [-0.15, -0.1) is 0 Å². The van der Waals surface area contributed by atoms with E-state index in [2.05, 4.69) is 0 Å². The van der Waals surface area contributed by atoms with Gasteiger partial charge in [0.25, 0.3) is 0 Å². The summed E-state index contributed by atoms with van der Waals surface area (Å²) < 4.78 is 20.8. The molecule has 0 saturated heterocycles. The second kappa shape index (κ2) is 3.01. The molecule has 0 radical (unpaired) electrons. The summed E-state index contributed by atoms with van der Waals surface area (Å²) in [6.45, 7) is 0.0613. The minimum absolute atomic E-state index is 0.0613. The molecule has 0 aliphatic carbocycles. The third kappa shape index (κ3) is 2.77. The molecule has 0 fully saturated rings. The Bertz CT molecular complexity index is 304. The lowest BCUT2D eigenvalue weighted by atomic mass is 10.6. The molecule has 12 heavy (non-hydrogen) atoms. The van der Waals surface area contributed by atoms with Crippen molar-refractivity contribution in [3.8, 4) is 0 Å². The monoisotopic (exact) mass is 189 g/mol. The Labute approximate surface area is 71.9 Å². The van der Waals surface area contributed by atoms with Crippen molar-refractivity contribution in [1.82, 2.24) is 0 Å². The average Bonchev–Trinajstić information content (AvgIpc) is 2.32. The predicted octanol–water partition coefficient (Wildman–Crippen LogP) is 0.387. The van der Waals surface area contributed by atoms with E-state index in [4.69, 9.17) is 0 Å². The SMILES string of the molecule is CS(=O)(=O)CC[N+]1([O-])C=CC=C1. The summed E-state index contributed by atoms with van der Waals surface area (Å²) in [6, 6.07) is 0. The molecule has 1 aliphatic heterocycles. The van der Waals surface area contributed by atoms with Crippen LogP contribution in [0.2, 0.25) is 0 Å². The second-order valence-corrected chi connectivity index (χ2v) is 5.15.